The van der Waals surface area contributed by atoms with Crippen molar-refractivity contribution in [3.63, 3.8) is 0 Å². The minimum Gasteiger partial charge on any atom is -0.369 e. The van der Waals surface area contributed by atoms with Crippen LogP contribution in [0.4, 0.5) is 17.1 Å². The number of nitrogens with zero attached hydrogens (tertiary/aromatic N) is 1. The van der Waals surface area contributed by atoms with Crippen LogP contribution in [0.1, 0.15) is 19.4 Å². The van der Waals surface area contributed by atoms with Gasteiger partial charge in [-0.15, -0.1) is 0 Å². The number of anilines is 2. The average molecular weight is 282 g/mol. The first-order valence-electron chi connectivity index (χ1n) is 6.32. The first kappa shape index (κ1) is 14.5. The molecular formula is C12H18N4O4. The SMILES string of the molecule is CC(C)NCc1cc([N+](=O)[O-])cc2c1NC(O)C(O)N2. The molecule has 1 aromatic rings. The Hall–Kier alpha value is -1.90. The third-order valence-electron chi connectivity index (χ3n) is 3.01. The van der Waals surface area contributed by atoms with Crippen molar-refractivity contribution in [1.82, 2.24) is 5.32 Å². The van der Waals surface area contributed by atoms with Crippen LogP contribution in [0.5, 0.6) is 0 Å². The number of hydrogen-bond acceptors (Lipinski definition) is 7. The maximum atomic E-state index is 10.9. The van der Waals surface area contributed by atoms with Crippen molar-refractivity contribution in [1.29, 1.82) is 0 Å². The van der Waals surface area contributed by atoms with Gasteiger partial charge in [0.15, 0.2) is 12.5 Å². The number of non-ortho nitro benzene ring substituents is 1. The van der Waals surface area contributed by atoms with Gasteiger partial charge in [0.1, 0.15) is 0 Å². The number of aliphatic hydroxyl groups excluding tert-OH is 2. The van der Waals surface area contributed by atoms with Gasteiger partial charge >= 0.3 is 0 Å². The van der Waals surface area contributed by atoms with E-state index in [-0.39, 0.29) is 11.7 Å². The molecule has 0 amide bonds. The molecular weight excluding hydrogens is 264 g/mol. The van der Waals surface area contributed by atoms with Gasteiger partial charge in [0.05, 0.1) is 16.3 Å². The van der Waals surface area contributed by atoms with Crippen LogP contribution in [0.3, 0.4) is 0 Å². The third kappa shape index (κ3) is 2.98. The summed E-state index contributed by atoms with van der Waals surface area (Å²) in [6, 6.07) is 3.00. The summed E-state index contributed by atoms with van der Waals surface area (Å²) in [7, 11) is 0. The summed E-state index contributed by atoms with van der Waals surface area (Å²) >= 11 is 0. The van der Waals surface area contributed by atoms with Crippen molar-refractivity contribution >= 4 is 17.1 Å². The summed E-state index contributed by atoms with van der Waals surface area (Å²) in [5.74, 6) is 0. The molecule has 0 saturated carbocycles. The summed E-state index contributed by atoms with van der Waals surface area (Å²) in [4.78, 5) is 10.5. The molecule has 1 aliphatic rings. The number of nitro groups is 1. The minimum absolute atomic E-state index is 0.0674. The summed E-state index contributed by atoms with van der Waals surface area (Å²) in [6.07, 6.45) is -2.38. The zero-order valence-electron chi connectivity index (χ0n) is 11.3. The topological polar surface area (TPSA) is 120 Å². The number of benzene rings is 1. The van der Waals surface area contributed by atoms with E-state index < -0.39 is 17.4 Å². The number of aliphatic hydroxyl groups is 2. The predicted octanol–water partition coefficient (Wildman–Crippen LogP) is 0.567. The average Bonchev–Trinajstić information content (AvgIpc) is 2.37. The van der Waals surface area contributed by atoms with E-state index in [0.717, 1.165) is 0 Å². The Morgan fingerprint density at radius 2 is 2.00 bits per heavy atom. The Morgan fingerprint density at radius 1 is 1.35 bits per heavy atom. The molecule has 1 heterocycles. The summed E-state index contributed by atoms with van der Waals surface area (Å²) in [5.41, 5.74) is 1.54. The largest absolute Gasteiger partial charge is 0.369 e. The van der Waals surface area contributed by atoms with Crippen LogP contribution < -0.4 is 16.0 Å². The molecule has 20 heavy (non-hydrogen) atoms. The zero-order valence-corrected chi connectivity index (χ0v) is 11.3. The van der Waals surface area contributed by atoms with Gasteiger partial charge in [-0.1, -0.05) is 13.8 Å². The third-order valence-corrected chi connectivity index (χ3v) is 3.01. The number of nitro benzene ring substituents is 1. The fourth-order valence-electron chi connectivity index (χ4n) is 1.99. The molecule has 8 heteroatoms. The molecule has 1 aliphatic heterocycles. The second-order valence-electron chi connectivity index (χ2n) is 5.00. The molecule has 8 nitrogen and oxygen atoms in total. The molecule has 0 bridgehead atoms. The van der Waals surface area contributed by atoms with Crippen molar-refractivity contribution in [2.75, 3.05) is 10.6 Å². The smallest absolute Gasteiger partial charge is 0.271 e. The maximum absolute atomic E-state index is 10.9. The van der Waals surface area contributed by atoms with E-state index in [1.54, 1.807) is 0 Å². The standard InChI is InChI=1S/C12H18N4O4/c1-6(2)13-5-7-3-8(16(19)20)4-9-10(7)15-12(18)11(17)14-9/h3-4,6,11-15,17-18H,5H2,1-2H3. The van der Waals surface area contributed by atoms with E-state index in [1.165, 1.54) is 12.1 Å². The Kier molecular flexibility index (Phi) is 4.07. The molecule has 0 spiro atoms. The van der Waals surface area contributed by atoms with E-state index in [9.17, 15) is 20.3 Å². The molecule has 0 aromatic heterocycles. The Balaban J connectivity index is 2.40. The molecule has 0 radical (unpaired) electrons. The first-order valence-corrected chi connectivity index (χ1v) is 6.32. The van der Waals surface area contributed by atoms with Crippen LogP contribution in [0.15, 0.2) is 12.1 Å². The van der Waals surface area contributed by atoms with Crippen molar-refractivity contribution in [2.45, 2.75) is 38.9 Å². The molecule has 2 unspecified atom stereocenters. The van der Waals surface area contributed by atoms with Crippen LogP contribution in [-0.2, 0) is 6.54 Å². The Labute approximate surface area is 116 Å². The summed E-state index contributed by atoms with van der Waals surface area (Å²) < 4.78 is 0. The molecule has 1 aromatic carbocycles. The van der Waals surface area contributed by atoms with Crippen molar-refractivity contribution < 1.29 is 15.1 Å². The monoisotopic (exact) mass is 282 g/mol. The molecule has 110 valence electrons. The molecule has 0 saturated heterocycles. The fraction of sp³-hybridized carbons (Fsp3) is 0.500. The van der Waals surface area contributed by atoms with E-state index in [0.29, 0.717) is 23.5 Å². The Bertz CT molecular complexity index is 520. The molecule has 2 rings (SSSR count). The molecule has 0 fully saturated rings. The molecule has 0 aliphatic carbocycles. The number of nitrogens with one attached hydrogen (secondary N) is 3. The van der Waals surface area contributed by atoms with E-state index >= 15 is 0 Å². The number of hydrogen-bond donors (Lipinski definition) is 5. The zero-order chi connectivity index (χ0) is 14.9. The lowest BCUT2D eigenvalue weighted by Crippen LogP contribution is -2.43. The fourth-order valence-corrected chi connectivity index (χ4v) is 1.99. The number of fused-ring (bicyclic) bond motifs is 1. The van der Waals surface area contributed by atoms with Gasteiger partial charge in [-0.3, -0.25) is 10.1 Å². The van der Waals surface area contributed by atoms with Crippen LogP contribution in [0.25, 0.3) is 0 Å². The second-order valence-corrected chi connectivity index (χ2v) is 5.00. The quantitative estimate of drug-likeness (QED) is 0.404. The number of rotatable bonds is 4. The van der Waals surface area contributed by atoms with Gasteiger partial charge in [-0.25, -0.2) is 0 Å². The highest BCUT2D eigenvalue weighted by molar-refractivity contribution is 5.78. The normalized spacial score (nSPS) is 21.1. The maximum Gasteiger partial charge on any atom is 0.271 e. The predicted molar refractivity (Wildman–Crippen MR) is 74.3 cm³/mol. The van der Waals surface area contributed by atoms with E-state index in [4.69, 9.17) is 0 Å². The van der Waals surface area contributed by atoms with Gasteiger partial charge in [0, 0.05) is 24.7 Å². The van der Waals surface area contributed by atoms with E-state index in [2.05, 4.69) is 16.0 Å². The van der Waals surface area contributed by atoms with Gasteiger partial charge < -0.3 is 26.2 Å². The molecule has 5 N–H and O–H groups in total. The van der Waals surface area contributed by atoms with Crippen molar-refractivity contribution in [2.24, 2.45) is 0 Å². The van der Waals surface area contributed by atoms with Gasteiger partial charge in [0.2, 0.25) is 0 Å². The highest BCUT2D eigenvalue weighted by Crippen LogP contribution is 2.35. The van der Waals surface area contributed by atoms with Crippen LogP contribution in [-0.4, -0.2) is 33.6 Å². The van der Waals surface area contributed by atoms with E-state index in [1.807, 2.05) is 13.8 Å². The lowest BCUT2D eigenvalue weighted by molar-refractivity contribution is -0.384. The lowest BCUT2D eigenvalue weighted by Gasteiger charge is -2.31. The van der Waals surface area contributed by atoms with Crippen molar-refractivity contribution in [3.8, 4) is 0 Å². The van der Waals surface area contributed by atoms with Gasteiger partial charge in [-0.05, 0) is 5.56 Å². The van der Waals surface area contributed by atoms with Crippen LogP contribution in [0, 0.1) is 10.1 Å². The second kappa shape index (κ2) is 5.61. The minimum atomic E-state index is -1.21. The molecule has 2 atom stereocenters. The van der Waals surface area contributed by atoms with Gasteiger partial charge in [-0.2, -0.15) is 0 Å². The summed E-state index contributed by atoms with van der Waals surface area (Å²) in [5, 5.41) is 38.7. The Morgan fingerprint density at radius 3 is 2.60 bits per heavy atom. The van der Waals surface area contributed by atoms with Crippen LogP contribution >= 0.6 is 0 Å². The van der Waals surface area contributed by atoms with Crippen molar-refractivity contribution in [3.05, 3.63) is 27.8 Å². The highest BCUT2D eigenvalue weighted by Gasteiger charge is 2.27. The highest BCUT2D eigenvalue weighted by atomic mass is 16.6. The first-order chi connectivity index (χ1) is 9.38. The lowest BCUT2D eigenvalue weighted by atomic mass is 10.1. The summed E-state index contributed by atoms with van der Waals surface area (Å²) in [6.45, 7) is 4.35. The van der Waals surface area contributed by atoms with Crippen LogP contribution in [0.2, 0.25) is 0 Å². The van der Waals surface area contributed by atoms with Gasteiger partial charge in [0.25, 0.3) is 5.69 Å².